The van der Waals surface area contributed by atoms with Crippen molar-refractivity contribution in [3.63, 3.8) is 0 Å². The Hall–Kier alpha value is -0.870. The predicted molar refractivity (Wildman–Crippen MR) is 146 cm³/mol. The summed E-state index contributed by atoms with van der Waals surface area (Å²) in [6.45, 7) is 13.0. The first-order valence-corrected chi connectivity index (χ1v) is 15.9. The van der Waals surface area contributed by atoms with Crippen LogP contribution in [0.5, 0.6) is 0 Å². The number of carbonyl (C=O) groups excluding carboxylic acids is 1. The van der Waals surface area contributed by atoms with Gasteiger partial charge in [-0.05, 0) is 91.8 Å². The van der Waals surface area contributed by atoms with Gasteiger partial charge in [-0.15, -0.1) is 0 Å². The van der Waals surface area contributed by atoms with Crippen LogP contribution in [-0.4, -0.2) is 30.6 Å². The Kier molecular flexibility index (Phi) is 6.87. The summed E-state index contributed by atoms with van der Waals surface area (Å²) in [7, 11) is 0. The molecule has 11 atom stereocenters. The van der Waals surface area contributed by atoms with Crippen molar-refractivity contribution in [3.05, 3.63) is 11.6 Å². The van der Waals surface area contributed by atoms with E-state index in [-0.39, 0.29) is 23.3 Å². The molecule has 0 amide bonds. The smallest absolute Gasteiger partial charge is 0.306 e. The van der Waals surface area contributed by atoms with E-state index in [9.17, 15) is 4.79 Å². The summed E-state index contributed by atoms with van der Waals surface area (Å²) in [5, 5.41) is 0. The van der Waals surface area contributed by atoms with Crippen molar-refractivity contribution in [2.24, 2.45) is 46.3 Å². The first kappa shape index (κ1) is 26.4. The molecule has 0 N–H and O–H groups in total. The summed E-state index contributed by atoms with van der Waals surface area (Å²) in [5.74, 6) is 3.77. The minimum atomic E-state index is -0.315. The van der Waals surface area contributed by atoms with Crippen molar-refractivity contribution in [2.45, 2.75) is 136 Å². The van der Waals surface area contributed by atoms with Gasteiger partial charge in [0.25, 0.3) is 0 Å². The summed E-state index contributed by atoms with van der Waals surface area (Å²) in [4.78, 5) is 12.4. The second-order valence-corrected chi connectivity index (χ2v) is 14.6. The molecule has 0 radical (unpaired) electrons. The van der Waals surface area contributed by atoms with E-state index in [1.807, 2.05) is 0 Å². The van der Waals surface area contributed by atoms with E-state index in [0.717, 1.165) is 62.9 Å². The lowest BCUT2D eigenvalue weighted by atomic mass is 9.47. The van der Waals surface area contributed by atoms with Crippen LogP contribution < -0.4 is 0 Å². The average molecular weight is 513 g/mol. The van der Waals surface area contributed by atoms with Crippen LogP contribution in [0.4, 0.5) is 0 Å². The maximum Gasteiger partial charge on any atom is 0.306 e. The van der Waals surface area contributed by atoms with E-state index in [4.69, 9.17) is 14.2 Å². The fraction of sp³-hybridized carbons (Fsp3) is 0.909. The van der Waals surface area contributed by atoms with E-state index in [0.29, 0.717) is 35.7 Å². The summed E-state index contributed by atoms with van der Waals surface area (Å²) >= 11 is 0. The van der Waals surface area contributed by atoms with Gasteiger partial charge in [0.1, 0.15) is 6.10 Å². The van der Waals surface area contributed by atoms with Crippen LogP contribution in [0.15, 0.2) is 11.6 Å². The zero-order chi connectivity index (χ0) is 26.0. The molecular formula is C33H52O4. The van der Waals surface area contributed by atoms with Crippen LogP contribution in [-0.2, 0) is 19.0 Å². The Labute approximate surface area is 225 Å². The van der Waals surface area contributed by atoms with Crippen LogP contribution in [0.1, 0.15) is 118 Å². The van der Waals surface area contributed by atoms with Crippen LogP contribution >= 0.6 is 0 Å². The molecular weight excluding hydrogens is 460 g/mol. The molecule has 1 spiro atoms. The molecule has 4 nitrogen and oxygen atoms in total. The van der Waals surface area contributed by atoms with E-state index >= 15 is 0 Å². The normalized spacial score (nSPS) is 50.6. The highest BCUT2D eigenvalue weighted by Crippen LogP contribution is 2.70. The third-order valence-electron chi connectivity index (χ3n) is 12.6. The maximum absolute atomic E-state index is 12.4. The monoisotopic (exact) mass is 512 g/mol. The molecule has 0 unspecified atom stereocenters. The van der Waals surface area contributed by atoms with Crippen molar-refractivity contribution < 1.29 is 19.0 Å². The summed E-state index contributed by atoms with van der Waals surface area (Å²) in [6, 6.07) is 0. The van der Waals surface area contributed by atoms with Gasteiger partial charge in [0.05, 0.1) is 12.7 Å². The standard InChI is InChI=1S/C33H52O4/c1-6-7-8-9-29(34)36-24-13-15-31(4)23(18-24)10-11-25-26(31)14-16-32(5)27(25)19-28-30(32)22(3)33(37-28)17-12-21(2)20-35-33/h10,21-22,24-28,30H,6-9,11-20H2,1-5H3/t21-,22+,24+,25-,26+,27+,28-,30+,31-,32-,33+/m0/s1. The van der Waals surface area contributed by atoms with Crippen molar-refractivity contribution in [1.82, 2.24) is 0 Å². The van der Waals surface area contributed by atoms with E-state index in [1.165, 1.54) is 38.5 Å². The number of fused-ring (bicyclic) bond motifs is 7. The van der Waals surface area contributed by atoms with Gasteiger partial charge in [0, 0.05) is 25.2 Å². The SMILES string of the molecule is CCCCCC(=O)O[C@@H]1CC[C@@]2(C)C(=CC[C@@H]3[C@H]4C[C@@H]5O[C@]6(CC[C@H](C)CO6)[C@H](C)[C@H]5[C@@]4(C)CC[C@H]32)C1. The van der Waals surface area contributed by atoms with Crippen molar-refractivity contribution in [3.8, 4) is 0 Å². The van der Waals surface area contributed by atoms with Crippen LogP contribution in [0, 0.1) is 46.3 Å². The fourth-order valence-corrected chi connectivity index (χ4v) is 10.5. The number of allylic oxidation sites excluding steroid dienone is 1. The highest BCUT2D eigenvalue weighted by atomic mass is 16.7. The molecule has 0 aromatic heterocycles. The molecule has 6 aliphatic rings. The topological polar surface area (TPSA) is 44.8 Å². The Morgan fingerprint density at radius 1 is 1.08 bits per heavy atom. The number of unbranched alkanes of at least 4 members (excludes halogenated alkanes) is 2. The molecule has 4 aliphatic carbocycles. The minimum Gasteiger partial charge on any atom is -0.462 e. The molecule has 37 heavy (non-hydrogen) atoms. The number of hydrogen-bond donors (Lipinski definition) is 0. The van der Waals surface area contributed by atoms with E-state index < -0.39 is 0 Å². The maximum atomic E-state index is 12.4. The number of ether oxygens (including phenoxy) is 3. The van der Waals surface area contributed by atoms with Gasteiger partial charge in [-0.1, -0.05) is 59.1 Å². The summed E-state index contributed by atoms with van der Waals surface area (Å²) < 4.78 is 19.4. The highest BCUT2D eigenvalue weighted by Gasteiger charge is 2.68. The first-order valence-electron chi connectivity index (χ1n) is 15.9. The van der Waals surface area contributed by atoms with Gasteiger partial charge in [0.15, 0.2) is 5.79 Å². The third kappa shape index (κ3) is 4.17. The predicted octanol–water partition coefficient (Wildman–Crippen LogP) is 7.85. The van der Waals surface area contributed by atoms with Gasteiger partial charge < -0.3 is 14.2 Å². The van der Waals surface area contributed by atoms with E-state index in [2.05, 4.69) is 40.7 Å². The molecule has 2 heterocycles. The van der Waals surface area contributed by atoms with Gasteiger partial charge in [0.2, 0.25) is 0 Å². The molecule has 2 saturated heterocycles. The lowest BCUT2D eigenvalue weighted by Crippen LogP contribution is -2.52. The lowest BCUT2D eigenvalue weighted by Gasteiger charge is -2.58. The van der Waals surface area contributed by atoms with Gasteiger partial charge in [-0.25, -0.2) is 0 Å². The number of hydrogen-bond acceptors (Lipinski definition) is 4. The number of rotatable bonds is 5. The quantitative estimate of drug-likeness (QED) is 0.214. The molecule has 4 heteroatoms. The second kappa shape index (κ2) is 9.65. The molecule has 208 valence electrons. The van der Waals surface area contributed by atoms with Gasteiger partial charge in [-0.2, -0.15) is 0 Å². The average Bonchev–Trinajstić information content (AvgIpc) is 3.31. The fourth-order valence-electron chi connectivity index (χ4n) is 10.5. The minimum absolute atomic E-state index is 0.0190. The number of esters is 1. The first-order chi connectivity index (χ1) is 17.7. The molecule has 5 fully saturated rings. The molecule has 0 aromatic carbocycles. The van der Waals surface area contributed by atoms with Crippen molar-refractivity contribution >= 4 is 5.97 Å². The molecule has 3 saturated carbocycles. The zero-order valence-corrected chi connectivity index (χ0v) is 24.2. The van der Waals surface area contributed by atoms with Gasteiger partial charge >= 0.3 is 5.97 Å². The van der Waals surface area contributed by atoms with Crippen molar-refractivity contribution in [2.75, 3.05) is 6.61 Å². The van der Waals surface area contributed by atoms with Crippen molar-refractivity contribution in [1.29, 1.82) is 0 Å². The Morgan fingerprint density at radius 2 is 1.92 bits per heavy atom. The highest BCUT2D eigenvalue weighted by molar-refractivity contribution is 5.69. The Balaban J connectivity index is 1.15. The van der Waals surface area contributed by atoms with Crippen LogP contribution in [0.25, 0.3) is 0 Å². The van der Waals surface area contributed by atoms with Crippen LogP contribution in [0.2, 0.25) is 0 Å². The largest absolute Gasteiger partial charge is 0.462 e. The Bertz CT molecular complexity index is 902. The molecule has 0 aromatic rings. The lowest BCUT2D eigenvalue weighted by molar-refractivity contribution is -0.272. The molecule has 0 bridgehead atoms. The summed E-state index contributed by atoms with van der Waals surface area (Å²) in [6.07, 6.45) is 17.4. The summed E-state index contributed by atoms with van der Waals surface area (Å²) in [5.41, 5.74) is 2.25. The molecule has 2 aliphatic heterocycles. The van der Waals surface area contributed by atoms with Crippen LogP contribution in [0.3, 0.4) is 0 Å². The zero-order valence-electron chi connectivity index (χ0n) is 24.2. The number of carbonyl (C=O) groups is 1. The van der Waals surface area contributed by atoms with Gasteiger partial charge in [-0.3, -0.25) is 4.79 Å². The van der Waals surface area contributed by atoms with E-state index in [1.54, 1.807) is 5.57 Å². The molecule has 6 rings (SSSR count). The second-order valence-electron chi connectivity index (χ2n) is 14.6. The Morgan fingerprint density at radius 3 is 2.68 bits per heavy atom. The third-order valence-corrected chi connectivity index (χ3v) is 12.6.